The molecular formula is C23H30ClN3O3. The molecule has 0 radical (unpaired) electrons. The molecule has 0 saturated carbocycles. The minimum atomic E-state index is -0.0284. The van der Waals surface area contributed by atoms with Gasteiger partial charge in [-0.25, -0.2) is 0 Å². The number of aromatic nitrogens is 2. The van der Waals surface area contributed by atoms with Crippen LogP contribution in [0.5, 0.6) is 11.5 Å². The number of ether oxygens (including phenoxy) is 2. The predicted molar refractivity (Wildman–Crippen MR) is 119 cm³/mol. The maximum atomic E-state index is 13.0. The normalized spacial score (nSPS) is 16.6. The highest BCUT2D eigenvalue weighted by molar-refractivity contribution is 6.31. The maximum absolute atomic E-state index is 13.0. The van der Waals surface area contributed by atoms with E-state index in [-0.39, 0.29) is 11.9 Å². The monoisotopic (exact) mass is 431 g/mol. The molecule has 1 atom stereocenters. The Balaban J connectivity index is 1.79. The standard InChI is InChI=1S/C23H30ClN3O3/c1-15(2)14-27-23(24)18(16(3)25-27)9-11-22(28)26-12-6-7-19(26)17-8-10-20(29-4)21(13-17)30-5/h8-11,13,15,19H,6-7,12,14H2,1-5H3/b11-9+. The summed E-state index contributed by atoms with van der Waals surface area (Å²) in [5.74, 6) is 1.76. The Hall–Kier alpha value is -2.47. The Morgan fingerprint density at radius 3 is 2.70 bits per heavy atom. The molecule has 0 N–H and O–H groups in total. The second kappa shape index (κ2) is 9.56. The first-order chi connectivity index (χ1) is 14.3. The maximum Gasteiger partial charge on any atom is 0.247 e. The lowest BCUT2D eigenvalue weighted by Gasteiger charge is -2.24. The van der Waals surface area contributed by atoms with E-state index in [2.05, 4.69) is 18.9 Å². The second-order valence-corrected chi connectivity index (χ2v) is 8.36. The van der Waals surface area contributed by atoms with E-state index in [1.807, 2.05) is 30.0 Å². The summed E-state index contributed by atoms with van der Waals surface area (Å²) in [4.78, 5) is 14.9. The van der Waals surface area contributed by atoms with Gasteiger partial charge in [0.15, 0.2) is 11.5 Å². The summed E-state index contributed by atoms with van der Waals surface area (Å²) < 4.78 is 12.6. The van der Waals surface area contributed by atoms with Gasteiger partial charge < -0.3 is 14.4 Å². The minimum absolute atomic E-state index is 0.0159. The summed E-state index contributed by atoms with van der Waals surface area (Å²) in [6.45, 7) is 7.62. The van der Waals surface area contributed by atoms with Gasteiger partial charge in [0.2, 0.25) is 5.91 Å². The summed E-state index contributed by atoms with van der Waals surface area (Å²) in [5.41, 5.74) is 2.67. The molecular weight excluding hydrogens is 402 g/mol. The van der Waals surface area contributed by atoms with Crippen molar-refractivity contribution < 1.29 is 14.3 Å². The number of amides is 1. The third kappa shape index (κ3) is 4.64. The quantitative estimate of drug-likeness (QED) is 0.585. The number of methoxy groups -OCH3 is 2. The average molecular weight is 432 g/mol. The molecule has 1 saturated heterocycles. The van der Waals surface area contributed by atoms with Gasteiger partial charge in [0.05, 0.1) is 26.0 Å². The zero-order chi connectivity index (χ0) is 21.8. The van der Waals surface area contributed by atoms with Gasteiger partial charge in [-0.1, -0.05) is 31.5 Å². The molecule has 1 aromatic heterocycles. The summed E-state index contributed by atoms with van der Waals surface area (Å²) in [5, 5.41) is 5.08. The number of carbonyl (C=O) groups excluding carboxylic acids is 1. The van der Waals surface area contributed by atoms with E-state index in [1.165, 1.54) is 0 Å². The summed E-state index contributed by atoms with van der Waals surface area (Å²) >= 11 is 6.50. The number of aryl methyl sites for hydroxylation is 1. The van der Waals surface area contributed by atoms with E-state index in [1.54, 1.807) is 31.1 Å². The number of likely N-dealkylation sites (tertiary alicyclic amines) is 1. The topological polar surface area (TPSA) is 56.6 Å². The van der Waals surface area contributed by atoms with Gasteiger partial charge in [0, 0.05) is 24.7 Å². The van der Waals surface area contributed by atoms with Crippen LogP contribution in [-0.4, -0.2) is 41.4 Å². The van der Waals surface area contributed by atoms with Crippen molar-refractivity contribution in [3.05, 3.63) is 46.2 Å². The Kier molecular flexibility index (Phi) is 7.08. The first-order valence-electron chi connectivity index (χ1n) is 10.3. The number of benzene rings is 1. The molecule has 0 spiro atoms. The molecule has 1 fully saturated rings. The molecule has 0 aliphatic carbocycles. The van der Waals surface area contributed by atoms with Crippen LogP contribution in [-0.2, 0) is 11.3 Å². The summed E-state index contributed by atoms with van der Waals surface area (Å²) in [7, 11) is 3.23. The van der Waals surface area contributed by atoms with Crippen molar-refractivity contribution in [1.29, 1.82) is 0 Å². The lowest BCUT2D eigenvalue weighted by molar-refractivity contribution is -0.126. The molecule has 3 rings (SSSR count). The van der Waals surface area contributed by atoms with Crippen LogP contribution in [0.25, 0.3) is 6.08 Å². The van der Waals surface area contributed by atoms with Crippen LogP contribution in [0.2, 0.25) is 5.15 Å². The molecule has 1 aliphatic rings. The molecule has 30 heavy (non-hydrogen) atoms. The number of hydrogen-bond donors (Lipinski definition) is 0. The molecule has 162 valence electrons. The van der Waals surface area contributed by atoms with Crippen molar-refractivity contribution in [3.63, 3.8) is 0 Å². The number of nitrogens with zero attached hydrogens (tertiary/aromatic N) is 3. The summed E-state index contributed by atoms with van der Waals surface area (Å²) in [6, 6.07) is 5.85. The van der Waals surface area contributed by atoms with Gasteiger partial charge in [0.1, 0.15) is 5.15 Å². The van der Waals surface area contributed by atoms with Crippen LogP contribution >= 0.6 is 11.6 Å². The van der Waals surface area contributed by atoms with Crippen molar-refractivity contribution in [1.82, 2.24) is 14.7 Å². The highest BCUT2D eigenvalue weighted by atomic mass is 35.5. The minimum Gasteiger partial charge on any atom is -0.493 e. The molecule has 1 amide bonds. The predicted octanol–water partition coefficient (Wildman–Crippen LogP) is 4.90. The van der Waals surface area contributed by atoms with E-state index in [9.17, 15) is 4.79 Å². The molecule has 6 nitrogen and oxygen atoms in total. The van der Waals surface area contributed by atoms with E-state index in [4.69, 9.17) is 21.1 Å². The third-order valence-corrected chi connectivity index (χ3v) is 5.77. The van der Waals surface area contributed by atoms with Crippen molar-refractivity contribution >= 4 is 23.6 Å². The molecule has 1 aromatic carbocycles. The van der Waals surface area contributed by atoms with Crippen molar-refractivity contribution in [2.45, 2.75) is 46.2 Å². The fourth-order valence-electron chi connectivity index (χ4n) is 3.91. The van der Waals surface area contributed by atoms with Crippen molar-refractivity contribution in [2.24, 2.45) is 5.92 Å². The van der Waals surface area contributed by atoms with Gasteiger partial charge in [-0.2, -0.15) is 5.10 Å². The molecule has 2 heterocycles. The Morgan fingerprint density at radius 1 is 1.30 bits per heavy atom. The van der Waals surface area contributed by atoms with Crippen LogP contribution in [0.4, 0.5) is 0 Å². The molecule has 7 heteroatoms. The van der Waals surface area contributed by atoms with E-state index >= 15 is 0 Å². The number of halogens is 1. The fraction of sp³-hybridized carbons (Fsp3) is 0.478. The van der Waals surface area contributed by atoms with Crippen LogP contribution in [0.15, 0.2) is 24.3 Å². The van der Waals surface area contributed by atoms with Crippen LogP contribution < -0.4 is 9.47 Å². The van der Waals surface area contributed by atoms with Gasteiger partial charge in [-0.15, -0.1) is 0 Å². The van der Waals surface area contributed by atoms with Crippen LogP contribution in [0, 0.1) is 12.8 Å². The van der Waals surface area contributed by atoms with Gasteiger partial charge in [0.25, 0.3) is 0 Å². The van der Waals surface area contributed by atoms with E-state index in [0.29, 0.717) is 22.6 Å². The van der Waals surface area contributed by atoms with Crippen LogP contribution in [0.3, 0.4) is 0 Å². The van der Waals surface area contributed by atoms with E-state index in [0.717, 1.165) is 42.8 Å². The average Bonchev–Trinajstić information content (AvgIpc) is 3.31. The third-order valence-electron chi connectivity index (χ3n) is 5.37. The fourth-order valence-corrected chi connectivity index (χ4v) is 4.22. The lowest BCUT2D eigenvalue weighted by atomic mass is 10.0. The number of hydrogen-bond acceptors (Lipinski definition) is 4. The molecule has 0 bridgehead atoms. The zero-order valence-corrected chi connectivity index (χ0v) is 19.1. The summed E-state index contributed by atoms with van der Waals surface area (Å²) in [6.07, 6.45) is 5.27. The smallest absolute Gasteiger partial charge is 0.247 e. The highest BCUT2D eigenvalue weighted by Crippen LogP contribution is 2.37. The lowest BCUT2D eigenvalue weighted by Crippen LogP contribution is -2.28. The Morgan fingerprint density at radius 2 is 2.03 bits per heavy atom. The largest absolute Gasteiger partial charge is 0.493 e. The number of carbonyl (C=O) groups is 1. The Labute approximate surface area is 183 Å². The van der Waals surface area contributed by atoms with Crippen molar-refractivity contribution in [2.75, 3.05) is 20.8 Å². The highest BCUT2D eigenvalue weighted by Gasteiger charge is 2.29. The Bertz CT molecular complexity index is 936. The molecule has 1 aliphatic heterocycles. The van der Waals surface area contributed by atoms with E-state index < -0.39 is 0 Å². The second-order valence-electron chi connectivity index (χ2n) is 8.00. The number of rotatable bonds is 7. The first kappa shape index (κ1) is 22.2. The SMILES string of the molecule is COc1ccc(C2CCCN2C(=O)/C=C/c2c(C)nn(CC(C)C)c2Cl)cc1OC. The van der Waals surface area contributed by atoms with Gasteiger partial charge >= 0.3 is 0 Å². The molecule has 1 unspecified atom stereocenters. The van der Waals surface area contributed by atoms with Gasteiger partial charge in [-0.05, 0) is 49.5 Å². The first-order valence-corrected chi connectivity index (χ1v) is 10.7. The van der Waals surface area contributed by atoms with Gasteiger partial charge in [-0.3, -0.25) is 9.48 Å². The van der Waals surface area contributed by atoms with Crippen LogP contribution in [0.1, 0.15) is 49.6 Å². The zero-order valence-electron chi connectivity index (χ0n) is 18.3. The molecule has 2 aromatic rings. The van der Waals surface area contributed by atoms with Crippen molar-refractivity contribution in [3.8, 4) is 11.5 Å².